The average molecular weight is 278 g/mol. The van der Waals surface area contributed by atoms with Gasteiger partial charge in [0, 0.05) is 23.1 Å². The van der Waals surface area contributed by atoms with Crippen LogP contribution in [0.3, 0.4) is 0 Å². The van der Waals surface area contributed by atoms with Crippen molar-refractivity contribution in [2.24, 2.45) is 0 Å². The molecule has 3 heteroatoms. The third kappa shape index (κ3) is 2.01. The SMILES string of the molecule is COc1ccc(-c2cccc3[nH]c4c(c23)CCNC4)cc1. The van der Waals surface area contributed by atoms with Crippen LogP contribution in [0.1, 0.15) is 11.3 Å². The summed E-state index contributed by atoms with van der Waals surface area (Å²) in [6.07, 6.45) is 1.09. The number of methoxy groups -OCH3 is 1. The zero-order valence-electron chi connectivity index (χ0n) is 12.1. The van der Waals surface area contributed by atoms with Gasteiger partial charge < -0.3 is 15.0 Å². The fourth-order valence-corrected chi connectivity index (χ4v) is 3.24. The van der Waals surface area contributed by atoms with Crippen LogP contribution in [0.4, 0.5) is 0 Å². The molecule has 0 atom stereocenters. The number of aromatic amines is 1. The van der Waals surface area contributed by atoms with E-state index in [0.29, 0.717) is 0 Å². The van der Waals surface area contributed by atoms with Gasteiger partial charge in [-0.3, -0.25) is 0 Å². The van der Waals surface area contributed by atoms with Crippen LogP contribution in [0.15, 0.2) is 42.5 Å². The molecule has 106 valence electrons. The Bertz CT molecular complexity index is 787. The summed E-state index contributed by atoms with van der Waals surface area (Å²) in [5.41, 5.74) is 6.57. The Morgan fingerprint density at radius 3 is 2.71 bits per heavy atom. The second-order valence-electron chi connectivity index (χ2n) is 5.47. The predicted molar refractivity (Wildman–Crippen MR) is 85.7 cm³/mol. The predicted octanol–water partition coefficient (Wildman–Crippen LogP) is 3.49. The second kappa shape index (κ2) is 4.93. The number of H-pyrrole nitrogens is 1. The molecule has 3 aromatic rings. The molecule has 0 fully saturated rings. The van der Waals surface area contributed by atoms with Crippen molar-refractivity contribution in [2.45, 2.75) is 13.0 Å². The van der Waals surface area contributed by atoms with Gasteiger partial charge in [-0.05, 0) is 47.9 Å². The van der Waals surface area contributed by atoms with E-state index in [2.05, 4.69) is 40.6 Å². The van der Waals surface area contributed by atoms with Crippen molar-refractivity contribution in [1.82, 2.24) is 10.3 Å². The van der Waals surface area contributed by atoms with E-state index in [-0.39, 0.29) is 0 Å². The number of hydrogen-bond donors (Lipinski definition) is 2. The Labute approximate surface area is 123 Å². The summed E-state index contributed by atoms with van der Waals surface area (Å²) < 4.78 is 5.25. The van der Waals surface area contributed by atoms with E-state index < -0.39 is 0 Å². The molecule has 2 aromatic carbocycles. The summed E-state index contributed by atoms with van der Waals surface area (Å²) in [6, 6.07) is 14.8. The van der Waals surface area contributed by atoms with E-state index in [9.17, 15) is 0 Å². The quantitative estimate of drug-likeness (QED) is 0.753. The molecular weight excluding hydrogens is 260 g/mol. The summed E-state index contributed by atoms with van der Waals surface area (Å²) in [6.45, 7) is 1.99. The van der Waals surface area contributed by atoms with Crippen LogP contribution in [0.25, 0.3) is 22.0 Å². The van der Waals surface area contributed by atoms with Crippen molar-refractivity contribution in [2.75, 3.05) is 13.7 Å². The van der Waals surface area contributed by atoms with Crippen LogP contribution in [-0.2, 0) is 13.0 Å². The summed E-state index contributed by atoms with van der Waals surface area (Å²) in [7, 11) is 1.70. The van der Waals surface area contributed by atoms with Crippen LogP contribution in [-0.4, -0.2) is 18.6 Å². The van der Waals surface area contributed by atoms with Gasteiger partial charge in [0.05, 0.1) is 7.11 Å². The first-order valence-corrected chi connectivity index (χ1v) is 7.34. The normalized spacial score (nSPS) is 14.1. The molecule has 0 aliphatic carbocycles. The average Bonchev–Trinajstić information content (AvgIpc) is 2.93. The molecule has 0 unspecified atom stereocenters. The number of benzene rings is 2. The van der Waals surface area contributed by atoms with E-state index in [1.165, 1.54) is 33.3 Å². The lowest BCUT2D eigenvalue weighted by Gasteiger charge is -2.14. The summed E-state index contributed by atoms with van der Waals surface area (Å²) in [4.78, 5) is 3.56. The molecule has 0 saturated carbocycles. The first kappa shape index (κ1) is 12.5. The molecule has 0 bridgehead atoms. The lowest BCUT2D eigenvalue weighted by Crippen LogP contribution is -2.23. The highest BCUT2D eigenvalue weighted by atomic mass is 16.5. The van der Waals surface area contributed by atoms with Crippen LogP contribution in [0.5, 0.6) is 5.75 Å². The van der Waals surface area contributed by atoms with Crippen molar-refractivity contribution in [3.05, 3.63) is 53.7 Å². The lowest BCUT2D eigenvalue weighted by atomic mass is 9.96. The van der Waals surface area contributed by atoms with Crippen molar-refractivity contribution in [3.8, 4) is 16.9 Å². The highest BCUT2D eigenvalue weighted by molar-refractivity contribution is 5.98. The fourth-order valence-electron chi connectivity index (χ4n) is 3.24. The molecule has 3 nitrogen and oxygen atoms in total. The highest BCUT2D eigenvalue weighted by Gasteiger charge is 2.17. The minimum atomic E-state index is 0.895. The molecule has 0 radical (unpaired) electrons. The Morgan fingerprint density at radius 2 is 1.90 bits per heavy atom. The van der Waals surface area contributed by atoms with Crippen molar-refractivity contribution in [1.29, 1.82) is 0 Å². The maximum Gasteiger partial charge on any atom is 0.118 e. The van der Waals surface area contributed by atoms with E-state index in [1.54, 1.807) is 7.11 Å². The topological polar surface area (TPSA) is 37.0 Å². The second-order valence-corrected chi connectivity index (χ2v) is 5.47. The first-order chi connectivity index (χ1) is 10.4. The van der Waals surface area contributed by atoms with Crippen molar-refractivity contribution < 1.29 is 4.74 Å². The third-order valence-corrected chi connectivity index (χ3v) is 4.27. The van der Waals surface area contributed by atoms with Crippen LogP contribution >= 0.6 is 0 Å². The monoisotopic (exact) mass is 278 g/mol. The van der Waals surface area contributed by atoms with Gasteiger partial charge in [-0.2, -0.15) is 0 Å². The van der Waals surface area contributed by atoms with Gasteiger partial charge in [0.2, 0.25) is 0 Å². The fraction of sp³-hybridized carbons (Fsp3) is 0.222. The molecule has 0 saturated heterocycles. The molecular formula is C18H18N2O. The number of aromatic nitrogens is 1. The van der Waals surface area contributed by atoms with Gasteiger partial charge in [-0.1, -0.05) is 24.3 Å². The maximum atomic E-state index is 5.25. The number of rotatable bonds is 2. The van der Waals surface area contributed by atoms with Crippen LogP contribution in [0, 0.1) is 0 Å². The highest BCUT2D eigenvalue weighted by Crippen LogP contribution is 2.34. The molecule has 2 N–H and O–H groups in total. The van der Waals surface area contributed by atoms with Gasteiger partial charge in [0.1, 0.15) is 5.75 Å². The van der Waals surface area contributed by atoms with Crippen LogP contribution in [0.2, 0.25) is 0 Å². The molecule has 1 aliphatic heterocycles. The maximum absolute atomic E-state index is 5.25. The Kier molecular flexibility index (Phi) is 2.93. The molecule has 21 heavy (non-hydrogen) atoms. The zero-order valence-corrected chi connectivity index (χ0v) is 12.1. The first-order valence-electron chi connectivity index (χ1n) is 7.34. The zero-order chi connectivity index (χ0) is 14.2. The van der Waals surface area contributed by atoms with Gasteiger partial charge in [0.15, 0.2) is 0 Å². The molecule has 1 aliphatic rings. The summed E-state index contributed by atoms with van der Waals surface area (Å²) in [5, 5.41) is 4.80. The van der Waals surface area contributed by atoms with Gasteiger partial charge in [0.25, 0.3) is 0 Å². The summed E-state index contributed by atoms with van der Waals surface area (Å²) in [5.74, 6) is 0.895. The van der Waals surface area contributed by atoms with E-state index >= 15 is 0 Å². The Hall–Kier alpha value is -2.26. The smallest absolute Gasteiger partial charge is 0.118 e. The minimum absolute atomic E-state index is 0.895. The molecule has 2 heterocycles. The number of nitrogens with one attached hydrogen (secondary N) is 2. The van der Waals surface area contributed by atoms with Gasteiger partial charge in [-0.25, -0.2) is 0 Å². The third-order valence-electron chi connectivity index (χ3n) is 4.27. The largest absolute Gasteiger partial charge is 0.497 e. The van der Waals surface area contributed by atoms with Crippen molar-refractivity contribution >= 4 is 10.9 Å². The molecule has 0 spiro atoms. The number of ether oxygens (including phenoxy) is 1. The molecule has 4 rings (SSSR count). The lowest BCUT2D eigenvalue weighted by molar-refractivity contribution is 0.415. The Balaban J connectivity index is 1.93. The summed E-state index contributed by atoms with van der Waals surface area (Å²) >= 11 is 0. The number of hydrogen-bond acceptors (Lipinski definition) is 2. The van der Waals surface area contributed by atoms with Gasteiger partial charge in [-0.15, -0.1) is 0 Å². The molecule has 0 amide bonds. The van der Waals surface area contributed by atoms with Crippen LogP contribution < -0.4 is 10.1 Å². The van der Waals surface area contributed by atoms with E-state index in [4.69, 9.17) is 4.74 Å². The minimum Gasteiger partial charge on any atom is -0.497 e. The number of fused-ring (bicyclic) bond motifs is 3. The standard InChI is InChI=1S/C18H18N2O/c1-21-13-7-5-12(6-8-13)14-3-2-4-16-18(14)15-9-10-19-11-17(15)20-16/h2-8,19-20H,9-11H2,1H3. The Morgan fingerprint density at radius 1 is 1.05 bits per heavy atom. The van der Waals surface area contributed by atoms with Gasteiger partial charge >= 0.3 is 0 Å². The van der Waals surface area contributed by atoms with Crippen molar-refractivity contribution in [3.63, 3.8) is 0 Å². The van der Waals surface area contributed by atoms with E-state index in [0.717, 1.165) is 25.3 Å². The molecule has 1 aromatic heterocycles. The van der Waals surface area contributed by atoms with E-state index in [1.807, 2.05) is 12.1 Å².